The van der Waals surface area contributed by atoms with E-state index >= 15 is 0 Å². The van der Waals surface area contributed by atoms with Gasteiger partial charge in [0.1, 0.15) is 5.75 Å². The number of phenolic OH excluding ortho intramolecular Hbond substituents is 1. The number of likely N-dealkylation sites (N-methyl/N-ethyl adjacent to an activating group) is 1. The van der Waals surface area contributed by atoms with Gasteiger partial charge in [0.2, 0.25) is 5.91 Å². The number of aromatic hydroxyl groups is 1. The number of rotatable bonds is 9. The van der Waals surface area contributed by atoms with E-state index in [0.717, 1.165) is 10.8 Å². The van der Waals surface area contributed by atoms with Gasteiger partial charge in [-0.25, -0.2) is 0 Å². The Labute approximate surface area is 221 Å². The van der Waals surface area contributed by atoms with Crippen LogP contribution in [-0.2, 0) is 11.3 Å². The summed E-state index contributed by atoms with van der Waals surface area (Å²) in [6.45, 7) is 4.46. The molecule has 2 N–H and O–H groups in total. The minimum Gasteiger partial charge on any atom is -0.508 e. The first-order valence-corrected chi connectivity index (χ1v) is 14.8. The van der Waals surface area contributed by atoms with E-state index in [0.29, 0.717) is 6.54 Å². The van der Waals surface area contributed by atoms with E-state index in [1.807, 2.05) is 44.2 Å². The van der Waals surface area contributed by atoms with Crippen molar-refractivity contribution in [2.75, 3.05) is 14.1 Å². The molecule has 0 aliphatic carbocycles. The van der Waals surface area contributed by atoms with Crippen LogP contribution in [0.15, 0.2) is 109 Å². The number of hydrogen-bond donors (Lipinski definition) is 2. The third-order valence-electron chi connectivity index (χ3n) is 7.03. The van der Waals surface area contributed by atoms with Gasteiger partial charge in [0.05, 0.1) is 6.04 Å². The molecule has 0 spiro atoms. The van der Waals surface area contributed by atoms with Crippen molar-refractivity contribution in [1.82, 2.24) is 10.2 Å². The van der Waals surface area contributed by atoms with Crippen LogP contribution in [0.5, 0.6) is 5.75 Å². The van der Waals surface area contributed by atoms with E-state index in [1.165, 1.54) is 15.6 Å². The van der Waals surface area contributed by atoms with E-state index in [-0.39, 0.29) is 23.6 Å². The first-order chi connectivity index (χ1) is 17.9. The van der Waals surface area contributed by atoms with Crippen LogP contribution in [0.4, 0.5) is 0 Å². The zero-order valence-corrected chi connectivity index (χ0v) is 23.1. The van der Waals surface area contributed by atoms with Crippen LogP contribution >= 0.6 is 0 Å². The maximum absolute atomic E-state index is 12.8. The van der Waals surface area contributed by atoms with Crippen LogP contribution in [0.3, 0.4) is 0 Å². The molecule has 0 aliphatic heterocycles. The Morgan fingerprint density at radius 3 is 1.62 bits per heavy atom. The number of phenols is 1. The van der Waals surface area contributed by atoms with Crippen molar-refractivity contribution in [2.45, 2.75) is 26.4 Å². The summed E-state index contributed by atoms with van der Waals surface area (Å²) in [5.41, 5.74) is 0.786. The Kier molecular flexibility index (Phi) is 8.26. The summed E-state index contributed by atoms with van der Waals surface area (Å²) < 4.78 is 0. The average Bonchev–Trinajstić information content (AvgIpc) is 2.92. The highest BCUT2D eigenvalue weighted by Crippen LogP contribution is 2.21. The van der Waals surface area contributed by atoms with Gasteiger partial charge in [-0.1, -0.05) is 123 Å². The Balaban J connectivity index is 1.90. The third kappa shape index (κ3) is 5.24. The van der Waals surface area contributed by atoms with Crippen molar-refractivity contribution in [3.63, 3.8) is 0 Å². The number of hydrogen-bond acceptors (Lipinski definition) is 3. The second kappa shape index (κ2) is 11.6. The van der Waals surface area contributed by atoms with E-state index in [1.54, 1.807) is 19.0 Å². The fraction of sp³-hybridized carbons (Fsp3) is 0.219. The lowest BCUT2D eigenvalue weighted by atomic mass is 10.0. The predicted octanol–water partition coefficient (Wildman–Crippen LogP) is 2.97. The number of para-hydroxylation sites is 1. The topological polar surface area (TPSA) is 52.6 Å². The molecular weight excluding hydrogens is 472 g/mol. The van der Waals surface area contributed by atoms with Crippen LogP contribution in [0.1, 0.15) is 19.4 Å². The van der Waals surface area contributed by atoms with Gasteiger partial charge >= 0.3 is 0 Å². The summed E-state index contributed by atoms with van der Waals surface area (Å²) in [5, 5.41) is 19.9. The first kappa shape index (κ1) is 26.4. The number of benzene rings is 4. The highest BCUT2D eigenvalue weighted by atomic mass is 28.3. The summed E-state index contributed by atoms with van der Waals surface area (Å²) in [7, 11) is 0.703. The Morgan fingerprint density at radius 2 is 1.22 bits per heavy atom. The molecule has 0 heterocycles. The zero-order valence-electron chi connectivity index (χ0n) is 22.1. The summed E-state index contributed by atoms with van der Waals surface area (Å²) in [4.78, 5) is 14.4. The minimum atomic E-state index is -2.85. The second-order valence-electron chi connectivity index (χ2n) is 10.00. The molecule has 4 rings (SSSR count). The lowest BCUT2D eigenvalue weighted by molar-refractivity contribution is -0.132. The monoisotopic (exact) mass is 508 g/mol. The molecule has 0 bridgehead atoms. The van der Waals surface area contributed by atoms with E-state index in [2.05, 4.69) is 84.2 Å². The van der Waals surface area contributed by atoms with E-state index in [9.17, 15) is 9.90 Å². The summed E-state index contributed by atoms with van der Waals surface area (Å²) >= 11 is 0. The molecule has 0 unspecified atom stereocenters. The number of nitrogens with one attached hydrogen (secondary N) is 1. The van der Waals surface area contributed by atoms with Crippen LogP contribution in [-0.4, -0.2) is 44.1 Å². The summed E-state index contributed by atoms with van der Waals surface area (Å²) in [6, 6.07) is 37.4. The molecule has 190 valence electrons. The maximum atomic E-state index is 12.8. The predicted molar refractivity (Wildman–Crippen MR) is 156 cm³/mol. The Morgan fingerprint density at radius 1 is 0.757 bits per heavy atom. The standard InChI is InChI=1S/C32H36N2O2Si/c1-24(2)30(32(36)34(3)4)33-23-25-15-14-22-29(31(25)35)37(26-16-8-5-9-17-26,27-18-10-6-11-19-27)28-20-12-7-13-21-28/h5-22,24,30,33,35H,23H2,1-4H3/t30-/m0/s1. The van der Waals surface area contributed by atoms with Gasteiger partial charge in [0.15, 0.2) is 8.07 Å². The molecule has 0 saturated carbocycles. The number of carbonyl (C=O) groups excluding carboxylic acids is 1. The molecule has 1 amide bonds. The van der Waals surface area contributed by atoms with E-state index in [4.69, 9.17) is 0 Å². The van der Waals surface area contributed by atoms with Crippen LogP contribution in [0, 0.1) is 5.92 Å². The molecule has 37 heavy (non-hydrogen) atoms. The lowest BCUT2D eigenvalue weighted by Crippen LogP contribution is -2.74. The van der Waals surface area contributed by atoms with Crippen molar-refractivity contribution < 1.29 is 9.90 Å². The SMILES string of the molecule is CC(C)[C@H](NCc1cccc([Si](c2ccccc2)(c2ccccc2)c2ccccc2)c1O)C(=O)N(C)C. The Hall–Kier alpha value is -3.67. The first-order valence-electron chi connectivity index (χ1n) is 12.8. The van der Waals surface area contributed by atoms with Crippen molar-refractivity contribution in [2.24, 2.45) is 5.92 Å². The third-order valence-corrected chi connectivity index (χ3v) is 11.8. The molecule has 4 nitrogen and oxygen atoms in total. The molecule has 0 radical (unpaired) electrons. The summed E-state index contributed by atoms with van der Waals surface area (Å²) in [6.07, 6.45) is 0. The van der Waals surface area contributed by atoms with Gasteiger partial charge in [-0.15, -0.1) is 0 Å². The van der Waals surface area contributed by atoms with Gasteiger partial charge < -0.3 is 15.3 Å². The number of carbonyl (C=O) groups is 1. The summed E-state index contributed by atoms with van der Waals surface area (Å²) in [5.74, 6) is 0.442. The van der Waals surface area contributed by atoms with Crippen molar-refractivity contribution >= 4 is 34.7 Å². The number of nitrogens with zero attached hydrogens (tertiary/aromatic N) is 1. The van der Waals surface area contributed by atoms with Gasteiger partial charge in [-0.3, -0.25) is 4.79 Å². The minimum absolute atomic E-state index is 0.0345. The van der Waals surface area contributed by atoms with Crippen LogP contribution in [0.25, 0.3) is 0 Å². The van der Waals surface area contributed by atoms with Crippen LogP contribution < -0.4 is 26.1 Å². The fourth-order valence-corrected chi connectivity index (χ4v) is 10.0. The Bertz CT molecular complexity index is 1210. The largest absolute Gasteiger partial charge is 0.508 e. The smallest absolute Gasteiger partial charge is 0.239 e. The van der Waals surface area contributed by atoms with Gasteiger partial charge in [-0.2, -0.15) is 0 Å². The molecule has 0 aliphatic rings. The van der Waals surface area contributed by atoms with E-state index < -0.39 is 8.07 Å². The molecule has 0 saturated heterocycles. The number of amides is 1. The fourth-order valence-electron chi connectivity index (χ4n) is 5.17. The lowest BCUT2D eigenvalue weighted by Gasteiger charge is -2.35. The molecule has 0 fully saturated rings. The van der Waals surface area contributed by atoms with Gasteiger partial charge in [0, 0.05) is 26.2 Å². The van der Waals surface area contributed by atoms with Crippen molar-refractivity contribution in [1.29, 1.82) is 0 Å². The quantitative estimate of drug-likeness (QED) is 0.270. The second-order valence-corrected chi connectivity index (χ2v) is 13.8. The highest BCUT2D eigenvalue weighted by Gasteiger charge is 2.43. The molecule has 0 aromatic heterocycles. The molecule has 4 aromatic rings. The molecule has 4 aromatic carbocycles. The molecular formula is C32H36N2O2Si. The van der Waals surface area contributed by atoms with Gasteiger partial charge in [0.25, 0.3) is 0 Å². The van der Waals surface area contributed by atoms with Gasteiger partial charge in [-0.05, 0) is 26.7 Å². The molecule has 1 atom stereocenters. The normalized spacial score (nSPS) is 12.4. The zero-order chi connectivity index (χ0) is 26.4. The van der Waals surface area contributed by atoms with Crippen molar-refractivity contribution in [3.05, 3.63) is 115 Å². The van der Waals surface area contributed by atoms with Crippen LogP contribution in [0.2, 0.25) is 0 Å². The maximum Gasteiger partial charge on any atom is 0.239 e. The average molecular weight is 509 g/mol. The molecule has 5 heteroatoms. The highest BCUT2D eigenvalue weighted by molar-refractivity contribution is 7.20. The van der Waals surface area contributed by atoms with Crippen molar-refractivity contribution in [3.8, 4) is 5.75 Å².